The van der Waals surface area contributed by atoms with E-state index in [0.29, 0.717) is 17.9 Å². The van der Waals surface area contributed by atoms with E-state index >= 15 is 0 Å². The summed E-state index contributed by atoms with van der Waals surface area (Å²) in [5.41, 5.74) is 0.347. The number of ether oxygens (including phenoxy) is 1. The maximum Gasteiger partial charge on any atom is 0.324 e. The molecular weight excluding hydrogens is 252 g/mol. The average Bonchev–Trinajstić information content (AvgIpc) is 2.76. The number of hydrogen-bond acceptors (Lipinski definition) is 4. The fourth-order valence-electron chi connectivity index (χ4n) is 2.80. The minimum absolute atomic E-state index is 0.125. The van der Waals surface area contributed by atoms with Crippen LogP contribution in [0, 0.1) is 11.3 Å². The van der Waals surface area contributed by atoms with Gasteiger partial charge in [-0.25, -0.2) is 0 Å². The third-order valence-corrected chi connectivity index (χ3v) is 4.04. The van der Waals surface area contributed by atoms with Gasteiger partial charge in [0.15, 0.2) is 0 Å². The van der Waals surface area contributed by atoms with E-state index in [1.54, 1.807) is 0 Å². The van der Waals surface area contributed by atoms with Crippen molar-refractivity contribution in [2.24, 2.45) is 11.3 Å². The molecule has 1 heterocycles. The summed E-state index contributed by atoms with van der Waals surface area (Å²) in [7, 11) is 0. The molecule has 0 saturated carbocycles. The highest BCUT2D eigenvalue weighted by Crippen LogP contribution is 2.33. The molecule has 1 N–H and O–H groups in total. The first-order chi connectivity index (χ1) is 9.24. The number of nitrogens with zero attached hydrogens (tertiary/aromatic N) is 1. The molecule has 0 aromatic heterocycles. The van der Waals surface area contributed by atoms with Crippen molar-refractivity contribution in [1.29, 1.82) is 0 Å². The standard InChI is InChI=1S/C16H32N2O2/c1-7-20-15(19)14(17-12(2)3)11-18-9-8-13(10-18)16(4,5)6/h12-14,17H,7-11H2,1-6H3. The van der Waals surface area contributed by atoms with Gasteiger partial charge in [-0.15, -0.1) is 0 Å². The molecule has 0 aromatic rings. The van der Waals surface area contributed by atoms with Gasteiger partial charge in [0.05, 0.1) is 6.61 Å². The normalized spacial score (nSPS) is 22.2. The van der Waals surface area contributed by atoms with Crippen LogP contribution in [0.3, 0.4) is 0 Å². The molecule has 1 saturated heterocycles. The molecule has 1 aliphatic heterocycles. The van der Waals surface area contributed by atoms with E-state index in [4.69, 9.17) is 4.74 Å². The summed E-state index contributed by atoms with van der Waals surface area (Å²) in [4.78, 5) is 14.4. The molecule has 0 spiro atoms. The van der Waals surface area contributed by atoms with E-state index < -0.39 is 0 Å². The van der Waals surface area contributed by atoms with Gasteiger partial charge in [0, 0.05) is 19.1 Å². The van der Waals surface area contributed by atoms with E-state index in [-0.39, 0.29) is 18.1 Å². The first kappa shape index (κ1) is 17.4. The Morgan fingerprint density at radius 1 is 1.40 bits per heavy atom. The second kappa shape index (κ2) is 7.41. The minimum Gasteiger partial charge on any atom is -0.465 e. The van der Waals surface area contributed by atoms with E-state index in [1.165, 1.54) is 6.42 Å². The Kier molecular flexibility index (Phi) is 6.46. The van der Waals surface area contributed by atoms with Gasteiger partial charge in [0.1, 0.15) is 6.04 Å². The lowest BCUT2D eigenvalue weighted by molar-refractivity contribution is -0.146. The molecule has 1 fully saturated rings. The van der Waals surface area contributed by atoms with Crippen molar-refractivity contribution in [2.45, 2.75) is 60.0 Å². The summed E-state index contributed by atoms with van der Waals surface area (Å²) >= 11 is 0. The Morgan fingerprint density at radius 2 is 2.05 bits per heavy atom. The SMILES string of the molecule is CCOC(=O)C(CN1CCC(C(C)(C)C)C1)NC(C)C. The van der Waals surface area contributed by atoms with Crippen molar-refractivity contribution >= 4 is 5.97 Å². The molecule has 0 radical (unpaired) electrons. The number of likely N-dealkylation sites (tertiary alicyclic amines) is 1. The molecule has 118 valence electrons. The highest BCUT2D eigenvalue weighted by molar-refractivity contribution is 5.76. The van der Waals surface area contributed by atoms with Gasteiger partial charge in [-0.05, 0) is 31.2 Å². The van der Waals surface area contributed by atoms with Crippen molar-refractivity contribution in [3.05, 3.63) is 0 Å². The first-order valence-corrected chi connectivity index (χ1v) is 7.89. The molecule has 0 aromatic carbocycles. The van der Waals surface area contributed by atoms with Crippen molar-refractivity contribution in [2.75, 3.05) is 26.2 Å². The van der Waals surface area contributed by atoms with Crippen LogP contribution >= 0.6 is 0 Å². The van der Waals surface area contributed by atoms with Crippen LogP contribution in [0.5, 0.6) is 0 Å². The molecule has 2 atom stereocenters. The van der Waals surface area contributed by atoms with Crippen molar-refractivity contribution in [1.82, 2.24) is 10.2 Å². The van der Waals surface area contributed by atoms with Crippen molar-refractivity contribution in [3.63, 3.8) is 0 Å². The fourth-order valence-corrected chi connectivity index (χ4v) is 2.80. The topological polar surface area (TPSA) is 41.6 Å². The van der Waals surface area contributed by atoms with Crippen molar-refractivity contribution < 1.29 is 9.53 Å². The lowest BCUT2D eigenvalue weighted by Crippen LogP contribution is -2.49. The number of carbonyl (C=O) groups is 1. The molecule has 4 nitrogen and oxygen atoms in total. The highest BCUT2D eigenvalue weighted by atomic mass is 16.5. The molecule has 4 heteroatoms. The summed E-state index contributed by atoms with van der Waals surface area (Å²) < 4.78 is 5.18. The van der Waals surface area contributed by atoms with Gasteiger partial charge in [0.2, 0.25) is 0 Å². The Bertz CT molecular complexity index is 310. The Labute approximate surface area is 124 Å². The zero-order chi connectivity index (χ0) is 15.3. The van der Waals surface area contributed by atoms with E-state index in [1.807, 2.05) is 6.92 Å². The van der Waals surface area contributed by atoms with E-state index in [9.17, 15) is 4.79 Å². The van der Waals surface area contributed by atoms with Crippen LogP contribution in [-0.2, 0) is 9.53 Å². The molecule has 0 aliphatic carbocycles. The van der Waals surface area contributed by atoms with Crippen LogP contribution in [0.2, 0.25) is 0 Å². The van der Waals surface area contributed by atoms with Gasteiger partial charge in [0.25, 0.3) is 0 Å². The second-order valence-corrected chi connectivity index (χ2v) is 7.24. The zero-order valence-corrected chi connectivity index (χ0v) is 14.0. The second-order valence-electron chi connectivity index (χ2n) is 7.24. The Morgan fingerprint density at radius 3 is 2.50 bits per heavy atom. The lowest BCUT2D eigenvalue weighted by Gasteiger charge is -2.28. The van der Waals surface area contributed by atoms with Crippen LogP contribution in [0.15, 0.2) is 0 Å². The van der Waals surface area contributed by atoms with E-state index in [0.717, 1.165) is 19.6 Å². The number of carbonyl (C=O) groups excluding carboxylic acids is 1. The van der Waals surface area contributed by atoms with Crippen LogP contribution in [0.1, 0.15) is 48.0 Å². The number of rotatable bonds is 6. The third-order valence-electron chi connectivity index (χ3n) is 4.04. The summed E-state index contributed by atoms with van der Waals surface area (Å²) in [5.74, 6) is 0.588. The summed E-state index contributed by atoms with van der Waals surface area (Å²) in [6, 6.07) is 0.0686. The molecular formula is C16H32N2O2. The molecule has 1 aliphatic rings. The number of nitrogens with one attached hydrogen (secondary N) is 1. The van der Waals surface area contributed by atoms with Gasteiger partial charge in [-0.3, -0.25) is 4.79 Å². The predicted octanol–water partition coefficient (Wildman–Crippen LogP) is 2.28. The summed E-state index contributed by atoms with van der Waals surface area (Å²) in [5, 5.41) is 3.33. The maximum atomic E-state index is 12.0. The molecule has 20 heavy (non-hydrogen) atoms. The molecule has 1 rings (SSSR count). The van der Waals surface area contributed by atoms with Crippen LogP contribution in [-0.4, -0.2) is 49.2 Å². The fraction of sp³-hybridized carbons (Fsp3) is 0.938. The Balaban J connectivity index is 2.56. The Hall–Kier alpha value is -0.610. The molecule has 0 amide bonds. The van der Waals surface area contributed by atoms with Gasteiger partial charge < -0.3 is 15.0 Å². The van der Waals surface area contributed by atoms with Gasteiger partial charge in [-0.1, -0.05) is 34.6 Å². The van der Waals surface area contributed by atoms with E-state index in [2.05, 4.69) is 44.8 Å². The highest BCUT2D eigenvalue weighted by Gasteiger charge is 2.34. The predicted molar refractivity (Wildman–Crippen MR) is 82.7 cm³/mol. The average molecular weight is 284 g/mol. The third kappa shape index (κ3) is 5.41. The summed E-state index contributed by atoms with van der Waals surface area (Å²) in [6.45, 7) is 16.3. The van der Waals surface area contributed by atoms with Gasteiger partial charge >= 0.3 is 5.97 Å². The van der Waals surface area contributed by atoms with Crippen LogP contribution in [0.25, 0.3) is 0 Å². The molecule has 2 unspecified atom stereocenters. The summed E-state index contributed by atoms with van der Waals surface area (Å²) in [6.07, 6.45) is 1.22. The molecule has 0 bridgehead atoms. The van der Waals surface area contributed by atoms with Gasteiger partial charge in [-0.2, -0.15) is 0 Å². The smallest absolute Gasteiger partial charge is 0.324 e. The lowest BCUT2D eigenvalue weighted by atomic mass is 9.80. The number of esters is 1. The zero-order valence-electron chi connectivity index (χ0n) is 14.0. The minimum atomic E-state index is -0.214. The van der Waals surface area contributed by atoms with Crippen LogP contribution < -0.4 is 5.32 Å². The number of hydrogen-bond donors (Lipinski definition) is 1. The largest absolute Gasteiger partial charge is 0.465 e. The van der Waals surface area contributed by atoms with Crippen molar-refractivity contribution in [3.8, 4) is 0 Å². The first-order valence-electron chi connectivity index (χ1n) is 7.89. The van der Waals surface area contributed by atoms with Crippen LogP contribution in [0.4, 0.5) is 0 Å². The maximum absolute atomic E-state index is 12.0. The monoisotopic (exact) mass is 284 g/mol. The quantitative estimate of drug-likeness (QED) is 0.760.